The van der Waals surface area contributed by atoms with Gasteiger partial charge in [-0.15, -0.1) is 0 Å². The van der Waals surface area contributed by atoms with Crippen molar-refractivity contribution in [1.29, 1.82) is 0 Å². The molecule has 1 aliphatic heterocycles. The van der Waals surface area contributed by atoms with E-state index in [1.807, 2.05) is 60.7 Å². The number of benzene rings is 6. The second-order valence-electron chi connectivity index (χ2n) is 10.8. The minimum atomic E-state index is 0.122. The predicted octanol–water partition coefficient (Wildman–Crippen LogP) is 10.3. The Kier molecular flexibility index (Phi) is 4.96. The largest absolute Gasteiger partial charge is 0.457 e. The van der Waals surface area contributed by atoms with Crippen molar-refractivity contribution in [2.45, 2.75) is 0 Å². The van der Waals surface area contributed by atoms with Crippen LogP contribution in [-0.4, -0.2) is 11.4 Å². The van der Waals surface area contributed by atoms with Crippen LogP contribution in [0.1, 0.15) is 0 Å². The number of fused-ring (bicyclic) bond motifs is 9. The maximum Gasteiger partial charge on any atom is 0.230 e. The molecule has 5 nitrogen and oxygen atoms in total. The third kappa shape index (κ3) is 3.57. The summed E-state index contributed by atoms with van der Waals surface area (Å²) in [5.74, 6) is 1.54. The summed E-state index contributed by atoms with van der Waals surface area (Å²) < 4.78 is 20.5. The maximum absolute atomic E-state index is 7.50. The normalized spacial score (nSPS) is 12.4. The number of ether oxygens (including phenoxy) is 2. The Hall–Kier alpha value is -5.99. The molecule has 43 heavy (non-hydrogen) atoms. The number of para-hydroxylation sites is 2. The fraction of sp³-hybridized carbons (Fsp3) is 0.0263. The van der Waals surface area contributed by atoms with Crippen molar-refractivity contribution in [2.75, 3.05) is 6.79 Å². The molecule has 0 N–H and O–H groups in total. The molecule has 3 heterocycles. The molecule has 2 aromatic heterocycles. The van der Waals surface area contributed by atoms with Gasteiger partial charge in [-0.25, -0.2) is 4.85 Å². The minimum absolute atomic E-state index is 0.122. The lowest BCUT2D eigenvalue weighted by Crippen LogP contribution is -2.04. The average Bonchev–Trinajstić information content (AvgIpc) is 3.53. The van der Waals surface area contributed by atoms with Gasteiger partial charge in [-0.1, -0.05) is 54.6 Å². The Bertz CT molecular complexity index is 2460. The number of hydrogen-bond acceptors (Lipinski definition) is 3. The van der Waals surface area contributed by atoms with Crippen molar-refractivity contribution in [2.24, 2.45) is 0 Å². The van der Waals surface area contributed by atoms with Gasteiger partial charge >= 0.3 is 0 Å². The fourth-order valence-corrected chi connectivity index (χ4v) is 6.41. The summed E-state index contributed by atoms with van der Waals surface area (Å²) in [6, 6.07) is 41.3. The van der Waals surface area contributed by atoms with Crippen LogP contribution < -0.4 is 9.47 Å². The van der Waals surface area contributed by atoms with Crippen LogP contribution in [0.25, 0.3) is 76.5 Å². The number of nitrogens with zero attached hydrogens (tertiary/aromatic N) is 2. The maximum atomic E-state index is 7.50. The molecular weight excluding hydrogens is 532 g/mol. The SMILES string of the molecule is [C-]#[N+]c1ccc2c(c1)c1ccccc1n2-c1ccc2c(c1)OCOc1ccc(-c3ccc4oc5ccccc5c4c3)cc1-2. The molecule has 0 saturated heterocycles. The molecular formula is C38H22N2O3. The number of hydrogen-bond donors (Lipinski definition) is 0. The highest BCUT2D eigenvalue weighted by Crippen LogP contribution is 2.44. The van der Waals surface area contributed by atoms with Gasteiger partial charge in [-0.2, -0.15) is 0 Å². The van der Waals surface area contributed by atoms with Crippen molar-refractivity contribution in [1.82, 2.24) is 4.57 Å². The van der Waals surface area contributed by atoms with E-state index in [9.17, 15) is 0 Å². The van der Waals surface area contributed by atoms with Crippen molar-refractivity contribution in [3.05, 3.63) is 133 Å². The summed E-state index contributed by atoms with van der Waals surface area (Å²) >= 11 is 0. The second-order valence-corrected chi connectivity index (χ2v) is 10.8. The van der Waals surface area contributed by atoms with Crippen molar-refractivity contribution >= 4 is 49.4 Å². The van der Waals surface area contributed by atoms with Gasteiger partial charge in [0.05, 0.1) is 17.6 Å². The summed E-state index contributed by atoms with van der Waals surface area (Å²) in [5.41, 5.74) is 9.66. The van der Waals surface area contributed by atoms with Crippen LogP contribution in [0.4, 0.5) is 5.69 Å². The van der Waals surface area contributed by atoms with Gasteiger partial charge in [0.15, 0.2) is 5.69 Å². The van der Waals surface area contributed by atoms with Crippen LogP contribution in [0.15, 0.2) is 126 Å². The Morgan fingerprint density at radius 3 is 2.26 bits per heavy atom. The lowest BCUT2D eigenvalue weighted by molar-refractivity contribution is 0.125. The van der Waals surface area contributed by atoms with E-state index in [1.165, 1.54) is 0 Å². The molecule has 5 heteroatoms. The van der Waals surface area contributed by atoms with E-state index in [-0.39, 0.29) is 6.79 Å². The molecule has 0 fully saturated rings. The Morgan fingerprint density at radius 1 is 0.558 bits per heavy atom. The highest BCUT2D eigenvalue weighted by Gasteiger charge is 2.20. The van der Waals surface area contributed by atoms with Crippen LogP contribution >= 0.6 is 0 Å². The smallest absolute Gasteiger partial charge is 0.230 e. The first-order valence-electron chi connectivity index (χ1n) is 14.1. The van der Waals surface area contributed by atoms with E-state index >= 15 is 0 Å². The van der Waals surface area contributed by atoms with Crippen LogP contribution in [0.5, 0.6) is 11.5 Å². The van der Waals surface area contributed by atoms with E-state index < -0.39 is 0 Å². The standard InChI is InChI=1S/C38H22N2O3/c1-39-25-12-15-34-30(20-25)27-6-2-4-8-33(27)40(34)26-13-14-29-31-18-23(10-16-35(31)41-22-42-38(29)21-26)24-11-17-37-32(19-24)28-7-3-5-9-36(28)43-37/h2-21H,22H2. The lowest BCUT2D eigenvalue weighted by atomic mass is 9.96. The molecule has 0 radical (unpaired) electrons. The molecule has 9 rings (SSSR count). The van der Waals surface area contributed by atoms with Crippen LogP contribution in [0, 0.1) is 6.57 Å². The zero-order valence-corrected chi connectivity index (χ0v) is 22.9. The first kappa shape index (κ1) is 23.7. The molecule has 8 aromatic rings. The molecule has 0 aliphatic carbocycles. The Balaban J connectivity index is 1.19. The second kappa shape index (κ2) is 9.01. The summed E-state index contributed by atoms with van der Waals surface area (Å²) in [5, 5.41) is 4.38. The zero-order valence-electron chi connectivity index (χ0n) is 22.9. The summed E-state index contributed by atoms with van der Waals surface area (Å²) in [4.78, 5) is 3.66. The first-order valence-corrected chi connectivity index (χ1v) is 14.1. The molecule has 0 spiro atoms. The average molecular weight is 555 g/mol. The zero-order chi connectivity index (χ0) is 28.5. The van der Waals surface area contributed by atoms with Crippen LogP contribution in [0.2, 0.25) is 0 Å². The monoisotopic (exact) mass is 554 g/mol. The summed E-state index contributed by atoms with van der Waals surface area (Å²) in [7, 11) is 0. The summed E-state index contributed by atoms with van der Waals surface area (Å²) in [6.45, 7) is 7.62. The van der Waals surface area contributed by atoms with Crippen molar-refractivity contribution < 1.29 is 13.9 Å². The van der Waals surface area contributed by atoms with Gasteiger partial charge in [0.25, 0.3) is 0 Å². The third-order valence-corrected chi connectivity index (χ3v) is 8.42. The van der Waals surface area contributed by atoms with E-state index in [4.69, 9.17) is 20.5 Å². The minimum Gasteiger partial charge on any atom is -0.457 e. The Morgan fingerprint density at radius 2 is 1.33 bits per heavy atom. The third-order valence-electron chi connectivity index (χ3n) is 8.42. The van der Waals surface area contributed by atoms with E-state index in [2.05, 4.69) is 70.1 Å². The van der Waals surface area contributed by atoms with Gasteiger partial charge in [0.1, 0.15) is 22.7 Å². The first-order chi connectivity index (χ1) is 21.2. The fourth-order valence-electron chi connectivity index (χ4n) is 6.41. The van der Waals surface area contributed by atoms with Gasteiger partial charge in [0, 0.05) is 39.0 Å². The predicted molar refractivity (Wildman–Crippen MR) is 171 cm³/mol. The molecule has 0 amide bonds. The molecule has 6 aromatic carbocycles. The van der Waals surface area contributed by atoms with Crippen LogP contribution in [-0.2, 0) is 0 Å². The topological polar surface area (TPSA) is 40.9 Å². The van der Waals surface area contributed by atoms with Crippen LogP contribution in [0.3, 0.4) is 0 Å². The Labute approximate surface area is 246 Å². The summed E-state index contributed by atoms with van der Waals surface area (Å²) in [6.07, 6.45) is 0. The number of rotatable bonds is 2. The molecule has 1 aliphatic rings. The van der Waals surface area contributed by atoms with E-state index in [0.717, 1.165) is 83.2 Å². The molecule has 0 saturated carbocycles. The van der Waals surface area contributed by atoms with Crippen molar-refractivity contribution in [3.63, 3.8) is 0 Å². The molecule has 0 atom stereocenters. The van der Waals surface area contributed by atoms with Crippen molar-refractivity contribution in [3.8, 4) is 39.4 Å². The van der Waals surface area contributed by atoms with Gasteiger partial charge in [-0.3, -0.25) is 0 Å². The van der Waals surface area contributed by atoms with E-state index in [1.54, 1.807) is 0 Å². The molecule has 0 unspecified atom stereocenters. The number of aromatic nitrogens is 1. The van der Waals surface area contributed by atoms with Gasteiger partial charge in [0.2, 0.25) is 6.79 Å². The lowest BCUT2D eigenvalue weighted by Gasteiger charge is -2.13. The number of furan rings is 1. The molecule has 202 valence electrons. The highest BCUT2D eigenvalue weighted by atomic mass is 16.7. The van der Waals surface area contributed by atoms with Gasteiger partial charge in [-0.05, 0) is 77.2 Å². The molecule has 0 bridgehead atoms. The van der Waals surface area contributed by atoms with E-state index in [0.29, 0.717) is 5.69 Å². The van der Waals surface area contributed by atoms with Gasteiger partial charge < -0.3 is 18.5 Å². The quantitative estimate of drug-likeness (QED) is 0.200. The highest BCUT2D eigenvalue weighted by molar-refractivity contribution is 6.10.